The van der Waals surface area contributed by atoms with Gasteiger partial charge in [0.15, 0.2) is 0 Å². The van der Waals surface area contributed by atoms with Gasteiger partial charge in [0.2, 0.25) is 0 Å². The number of alkyl halides is 3. The zero-order valence-corrected chi connectivity index (χ0v) is 20.6. The monoisotopic (exact) mass is 511 g/mol. The van der Waals surface area contributed by atoms with Crippen LogP contribution < -0.4 is 11.1 Å². The van der Waals surface area contributed by atoms with Crippen LogP contribution in [0.4, 0.5) is 18.9 Å². The largest absolute Gasteiger partial charge is 0.416 e. The van der Waals surface area contributed by atoms with Gasteiger partial charge >= 0.3 is 6.18 Å². The van der Waals surface area contributed by atoms with Crippen LogP contribution in [0.1, 0.15) is 37.4 Å². The van der Waals surface area contributed by atoms with E-state index in [0.717, 1.165) is 24.7 Å². The number of amides is 2. The van der Waals surface area contributed by atoms with Gasteiger partial charge in [-0.05, 0) is 61.5 Å². The molecule has 0 atom stereocenters. The summed E-state index contributed by atoms with van der Waals surface area (Å²) >= 11 is 0. The number of halogens is 3. The minimum atomic E-state index is -4.57. The lowest BCUT2D eigenvalue weighted by atomic mass is 9.98. The Kier molecular flexibility index (Phi) is 7.60. The Labute approximate surface area is 213 Å². The lowest BCUT2D eigenvalue weighted by molar-refractivity contribution is -0.138. The molecule has 7 nitrogen and oxygen atoms in total. The van der Waals surface area contributed by atoms with Gasteiger partial charge in [-0.3, -0.25) is 19.5 Å². The van der Waals surface area contributed by atoms with Crippen molar-refractivity contribution in [2.45, 2.75) is 19.6 Å². The molecule has 10 heteroatoms. The molecule has 1 saturated heterocycles. The van der Waals surface area contributed by atoms with Crippen LogP contribution in [0.2, 0.25) is 0 Å². The van der Waals surface area contributed by atoms with Crippen molar-refractivity contribution in [2.24, 2.45) is 5.73 Å². The Bertz CT molecular complexity index is 1320. The van der Waals surface area contributed by atoms with E-state index in [1.165, 1.54) is 18.3 Å². The van der Waals surface area contributed by atoms with Crippen LogP contribution in [-0.2, 0) is 12.7 Å². The first-order chi connectivity index (χ1) is 17.5. The van der Waals surface area contributed by atoms with Crippen LogP contribution in [0.25, 0.3) is 11.3 Å². The normalized spacial score (nSPS) is 14.9. The molecule has 2 heterocycles. The number of carbonyl (C=O) groups excluding carboxylic acids is 2. The second kappa shape index (κ2) is 10.7. The average Bonchev–Trinajstić information content (AvgIpc) is 2.86. The number of benzene rings is 2. The SMILES string of the molecule is Cc1ccc(C(=O)Nc2ccc(CN3CCN(C)CC3)c(C(F)(F)F)c2)cc1-c1ncccc1C(N)=O. The van der Waals surface area contributed by atoms with Crippen LogP contribution in [0.15, 0.2) is 54.7 Å². The number of aromatic nitrogens is 1. The first kappa shape index (κ1) is 26.3. The van der Waals surface area contributed by atoms with E-state index >= 15 is 0 Å². The Morgan fingerprint density at radius 3 is 2.46 bits per heavy atom. The molecule has 0 saturated carbocycles. The predicted octanol–water partition coefficient (Wildman–Crippen LogP) is 4.17. The Morgan fingerprint density at radius 2 is 1.78 bits per heavy atom. The van der Waals surface area contributed by atoms with Gasteiger partial charge in [0, 0.05) is 55.7 Å². The van der Waals surface area contributed by atoms with E-state index in [0.29, 0.717) is 24.3 Å². The van der Waals surface area contributed by atoms with E-state index in [1.54, 1.807) is 37.3 Å². The molecule has 2 aromatic carbocycles. The standard InChI is InChI=1S/C27H28F3N5O2/c1-17-5-6-18(14-22(17)24-21(25(31)36)4-3-9-32-24)26(37)33-20-8-7-19(23(15-20)27(28,29)30)16-35-12-10-34(2)11-13-35/h3-9,14-15H,10-13,16H2,1-2H3,(H2,31,36)(H,33,37). The van der Waals surface area contributed by atoms with Crippen molar-refractivity contribution in [1.29, 1.82) is 0 Å². The number of nitrogens with zero attached hydrogens (tertiary/aromatic N) is 3. The third kappa shape index (κ3) is 6.15. The van der Waals surface area contributed by atoms with Crippen molar-refractivity contribution in [2.75, 3.05) is 38.5 Å². The van der Waals surface area contributed by atoms with E-state index in [2.05, 4.69) is 15.2 Å². The van der Waals surface area contributed by atoms with Crippen LogP contribution in [0, 0.1) is 6.92 Å². The van der Waals surface area contributed by atoms with Gasteiger partial charge in [-0.25, -0.2) is 0 Å². The highest BCUT2D eigenvalue weighted by Crippen LogP contribution is 2.35. The maximum Gasteiger partial charge on any atom is 0.416 e. The number of hydrogen-bond acceptors (Lipinski definition) is 5. The van der Waals surface area contributed by atoms with Crippen molar-refractivity contribution in [3.63, 3.8) is 0 Å². The van der Waals surface area contributed by atoms with Crippen molar-refractivity contribution in [1.82, 2.24) is 14.8 Å². The lowest BCUT2D eigenvalue weighted by Gasteiger charge is -2.33. The first-order valence-electron chi connectivity index (χ1n) is 11.8. The maximum absolute atomic E-state index is 13.9. The molecule has 2 amide bonds. The number of pyridine rings is 1. The summed E-state index contributed by atoms with van der Waals surface area (Å²) in [6.45, 7) is 4.96. The predicted molar refractivity (Wildman–Crippen MR) is 135 cm³/mol. The number of rotatable bonds is 6. The number of likely N-dealkylation sites (N-methyl/N-ethyl adjacent to an activating group) is 1. The summed E-state index contributed by atoms with van der Waals surface area (Å²) in [5.74, 6) is -1.24. The number of anilines is 1. The topological polar surface area (TPSA) is 91.6 Å². The zero-order chi connectivity index (χ0) is 26.7. The van der Waals surface area contributed by atoms with Crippen molar-refractivity contribution in [3.05, 3.63) is 82.5 Å². The average molecular weight is 512 g/mol. The van der Waals surface area contributed by atoms with Gasteiger partial charge in [0.05, 0.1) is 16.8 Å². The zero-order valence-electron chi connectivity index (χ0n) is 20.6. The van der Waals surface area contributed by atoms with Gasteiger partial charge in [0.1, 0.15) is 0 Å². The quantitative estimate of drug-likeness (QED) is 0.518. The smallest absolute Gasteiger partial charge is 0.366 e. The molecule has 3 N–H and O–H groups in total. The summed E-state index contributed by atoms with van der Waals surface area (Å²) in [5.41, 5.74) is 6.93. The molecule has 1 aliphatic rings. The van der Waals surface area contributed by atoms with Gasteiger partial charge in [-0.1, -0.05) is 12.1 Å². The second-order valence-electron chi connectivity index (χ2n) is 9.20. The molecule has 194 valence electrons. The molecular weight excluding hydrogens is 483 g/mol. The van der Waals surface area contributed by atoms with Gasteiger partial charge in [-0.15, -0.1) is 0 Å². The minimum absolute atomic E-state index is 0.0391. The molecule has 37 heavy (non-hydrogen) atoms. The number of hydrogen-bond donors (Lipinski definition) is 2. The van der Waals surface area contributed by atoms with Gasteiger partial charge < -0.3 is 16.0 Å². The number of primary amides is 1. The molecule has 1 fully saturated rings. The minimum Gasteiger partial charge on any atom is -0.366 e. The molecular formula is C27H28F3N5O2. The fraction of sp³-hybridized carbons (Fsp3) is 0.296. The second-order valence-corrected chi connectivity index (χ2v) is 9.20. The molecule has 1 aromatic heterocycles. The summed E-state index contributed by atoms with van der Waals surface area (Å²) < 4.78 is 41.7. The van der Waals surface area contributed by atoms with Crippen LogP contribution in [0.3, 0.4) is 0 Å². The van der Waals surface area contributed by atoms with E-state index in [4.69, 9.17) is 5.73 Å². The molecule has 0 bridgehead atoms. The van der Waals surface area contributed by atoms with Crippen molar-refractivity contribution < 1.29 is 22.8 Å². The highest BCUT2D eigenvalue weighted by atomic mass is 19.4. The summed E-state index contributed by atoms with van der Waals surface area (Å²) in [7, 11) is 1.99. The third-order valence-electron chi connectivity index (χ3n) is 6.49. The first-order valence-corrected chi connectivity index (χ1v) is 11.8. The summed E-state index contributed by atoms with van der Waals surface area (Å²) in [4.78, 5) is 33.2. The van der Waals surface area contributed by atoms with Crippen molar-refractivity contribution in [3.8, 4) is 11.3 Å². The molecule has 0 spiro atoms. The summed E-state index contributed by atoms with van der Waals surface area (Å²) in [6, 6.07) is 11.8. The third-order valence-corrected chi connectivity index (χ3v) is 6.49. The van der Waals surface area contributed by atoms with Crippen LogP contribution in [-0.4, -0.2) is 59.8 Å². The Morgan fingerprint density at radius 1 is 1.05 bits per heavy atom. The van der Waals surface area contributed by atoms with E-state index in [9.17, 15) is 22.8 Å². The van der Waals surface area contributed by atoms with Crippen molar-refractivity contribution >= 4 is 17.5 Å². The molecule has 1 aliphatic heterocycles. The number of aryl methyl sites for hydroxylation is 1. The van der Waals surface area contributed by atoms with E-state index in [-0.39, 0.29) is 28.9 Å². The summed E-state index contributed by atoms with van der Waals surface area (Å²) in [6.07, 6.45) is -3.06. The molecule has 4 rings (SSSR count). The molecule has 0 unspecified atom stereocenters. The fourth-order valence-corrected chi connectivity index (χ4v) is 4.34. The molecule has 0 aliphatic carbocycles. The number of nitrogens with one attached hydrogen (secondary N) is 1. The Balaban J connectivity index is 1.59. The maximum atomic E-state index is 13.9. The Hall–Kier alpha value is -3.76. The number of nitrogens with two attached hydrogens (primary N) is 1. The van der Waals surface area contributed by atoms with Crippen LogP contribution >= 0.6 is 0 Å². The highest BCUT2D eigenvalue weighted by Gasteiger charge is 2.34. The fourth-order valence-electron chi connectivity index (χ4n) is 4.34. The summed E-state index contributed by atoms with van der Waals surface area (Å²) in [5, 5.41) is 2.57. The number of piperazine rings is 1. The van der Waals surface area contributed by atoms with E-state index in [1.807, 2.05) is 11.9 Å². The molecule has 3 aromatic rings. The van der Waals surface area contributed by atoms with Gasteiger partial charge in [-0.2, -0.15) is 13.2 Å². The van der Waals surface area contributed by atoms with E-state index < -0.39 is 23.6 Å². The van der Waals surface area contributed by atoms with Crippen LogP contribution in [0.5, 0.6) is 0 Å². The lowest BCUT2D eigenvalue weighted by Crippen LogP contribution is -2.44. The highest BCUT2D eigenvalue weighted by molar-refractivity contribution is 6.06. The number of carbonyl (C=O) groups is 2. The van der Waals surface area contributed by atoms with Gasteiger partial charge in [0.25, 0.3) is 11.8 Å². The molecule has 0 radical (unpaired) electrons.